The fourth-order valence-electron chi connectivity index (χ4n) is 12.6. The Balaban J connectivity index is 0.981. The molecule has 2 aromatic heterocycles. The number of nitrogens with zero attached hydrogens (tertiary/aromatic N) is 1. The molecule has 0 aliphatic heterocycles. The van der Waals surface area contributed by atoms with Crippen molar-refractivity contribution < 1.29 is 8.83 Å². The van der Waals surface area contributed by atoms with Crippen molar-refractivity contribution >= 4 is 60.9 Å². The average Bonchev–Trinajstić information content (AvgIpc) is 4.16. The molecule has 3 aliphatic rings. The average molecular weight is 856 g/mol. The van der Waals surface area contributed by atoms with E-state index < -0.39 is 5.41 Å². The minimum absolute atomic E-state index is 0.169. The smallest absolute Gasteiger partial charge is 0.143 e. The summed E-state index contributed by atoms with van der Waals surface area (Å²) in [6.45, 7) is 4.74. The molecule has 3 heteroatoms. The van der Waals surface area contributed by atoms with Gasteiger partial charge in [-0.25, -0.2) is 0 Å². The summed E-state index contributed by atoms with van der Waals surface area (Å²) in [4.78, 5) is 2.50. The van der Waals surface area contributed by atoms with Crippen LogP contribution in [0.2, 0.25) is 0 Å². The van der Waals surface area contributed by atoms with E-state index in [-0.39, 0.29) is 5.41 Å². The maximum absolute atomic E-state index is 6.85. The van der Waals surface area contributed by atoms with E-state index in [0.717, 1.165) is 72.1 Å². The first-order valence-electron chi connectivity index (χ1n) is 23.3. The number of anilines is 3. The lowest BCUT2D eigenvalue weighted by Gasteiger charge is -2.32. The van der Waals surface area contributed by atoms with Gasteiger partial charge < -0.3 is 13.7 Å². The van der Waals surface area contributed by atoms with Crippen LogP contribution in [0.3, 0.4) is 0 Å². The first-order valence-corrected chi connectivity index (χ1v) is 23.3. The molecule has 2 heterocycles. The second kappa shape index (κ2) is 13.1. The van der Waals surface area contributed by atoms with Gasteiger partial charge in [0.1, 0.15) is 22.3 Å². The van der Waals surface area contributed by atoms with Crippen LogP contribution < -0.4 is 4.90 Å². The Hall–Kier alpha value is -8.40. The van der Waals surface area contributed by atoms with E-state index in [1.807, 2.05) is 6.07 Å². The lowest BCUT2D eigenvalue weighted by atomic mass is 9.70. The van der Waals surface area contributed by atoms with Gasteiger partial charge in [0.15, 0.2) is 0 Å². The Bertz CT molecular complexity index is 4090. The third-order valence-corrected chi connectivity index (χ3v) is 15.5. The highest BCUT2D eigenvalue weighted by Gasteiger charge is 2.53. The molecule has 67 heavy (non-hydrogen) atoms. The van der Waals surface area contributed by atoms with Crippen LogP contribution in [0.5, 0.6) is 0 Å². The number of rotatable bonds is 4. The van der Waals surface area contributed by atoms with Crippen molar-refractivity contribution in [3.05, 3.63) is 246 Å². The van der Waals surface area contributed by atoms with Crippen molar-refractivity contribution in [3.8, 4) is 44.5 Å². The largest absolute Gasteiger partial charge is 0.455 e. The third kappa shape index (κ3) is 4.70. The van der Waals surface area contributed by atoms with Crippen LogP contribution in [-0.2, 0) is 10.8 Å². The Morgan fingerprint density at radius 2 is 0.866 bits per heavy atom. The molecule has 0 radical (unpaired) electrons. The van der Waals surface area contributed by atoms with Gasteiger partial charge in [0.25, 0.3) is 0 Å². The van der Waals surface area contributed by atoms with Gasteiger partial charge in [0, 0.05) is 55.0 Å². The van der Waals surface area contributed by atoms with Crippen molar-refractivity contribution in [1.29, 1.82) is 0 Å². The highest BCUT2D eigenvalue weighted by atomic mass is 16.3. The van der Waals surface area contributed by atoms with Crippen LogP contribution in [0.1, 0.15) is 47.2 Å². The van der Waals surface area contributed by atoms with Crippen LogP contribution >= 0.6 is 0 Å². The number of para-hydroxylation sites is 3. The predicted octanol–water partition coefficient (Wildman–Crippen LogP) is 17.3. The summed E-state index contributed by atoms with van der Waals surface area (Å²) < 4.78 is 13.4. The standard InChI is InChI=1S/C64H41NO2/c1-63(2)50-22-8-3-15-42(50)43-34-33-40(37-55(43)63)65(39-31-29-38(30-32-39)41-20-13-21-46-44-16-6-11-27-57(44)66-61(41)46)56-26-14-25-53-59(56)48-18-4-9-23-51(48)64(53)52-24-10-5-19-49(52)60-54(64)36-35-47-45-17-7-12-28-58(45)67-62(47)60/h3-37H,1-2H3. The van der Waals surface area contributed by atoms with Crippen LogP contribution in [0.15, 0.2) is 221 Å². The van der Waals surface area contributed by atoms with Crippen molar-refractivity contribution in [2.45, 2.75) is 24.7 Å². The summed E-state index contributed by atoms with van der Waals surface area (Å²) in [5.74, 6) is 0. The Morgan fingerprint density at radius 3 is 1.61 bits per heavy atom. The van der Waals surface area contributed by atoms with Crippen molar-refractivity contribution in [3.63, 3.8) is 0 Å². The lowest BCUT2D eigenvalue weighted by Crippen LogP contribution is -2.26. The van der Waals surface area contributed by atoms with E-state index in [0.29, 0.717) is 0 Å². The second-order valence-electron chi connectivity index (χ2n) is 19.1. The third-order valence-electron chi connectivity index (χ3n) is 15.5. The minimum atomic E-state index is -0.566. The Labute approximate surface area is 387 Å². The maximum Gasteiger partial charge on any atom is 0.143 e. The van der Waals surface area contributed by atoms with Crippen LogP contribution in [-0.4, -0.2) is 0 Å². The molecular formula is C64H41NO2. The fourth-order valence-corrected chi connectivity index (χ4v) is 12.6. The quantitative estimate of drug-likeness (QED) is 0.177. The maximum atomic E-state index is 6.85. The van der Waals surface area contributed by atoms with E-state index >= 15 is 0 Å². The molecule has 10 aromatic carbocycles. The van der Waals surface area contributed by atoms with E-state index in [4.69, 9.17) is 8.83 Å². The molecule has 0 N–H and O–H groups in total. The zero-order valence-corrected chi connectivity index (χ0v) is 37.0. The van der Waals surface area contributed by atoms with Gasteiger partial charge in [-0.15, -0.1) is 0 Å². The predicted molar refractivity (Wildman–Crippen MR) is 275 cm³/mol. The summed E-state index contributed by atoms with van der Waals surface area (Å²) in [7, 11) is 0. The van der Waals surface area contributed by atoms with Gasteiger partial charge in [-0.05, 0) is 104 Å². The molecule has 12 aromatic rings. The first kappa shape index (κ1) is 36.9. The highest BCUT2D eigenvalue weighted by Crippen LogP contribution is 2.66. The Kier molecular flexibility index (Phi) is 7.22. The monoisotopic (exact) mass is 855 g/mol. The lowest BCUT2D eigenvalue weighted by molar-refractivity contribution is 0.660. The second-order valence-corrected chi connectivity index (χ2v) is 19.1. The zero-order valence-electron chi connectivity index (χ0n) is 37.0. The van der Waals surface area contributed by atoms with Gasteiger partial charge in [-0.1, -0.05) is 184 Å². The van der Waals surface area contributed by atoms with Gasteiger partial charge >= 0.3 is 0 Å². The van der Waals surface area contributed by atoms with E-state index in [1.165, 1.54) is 66.8 Å². The van der Waals surface area contributed by atoms with Crippen molar-refractivity contribution in [2.24, 2.45) is 0 Å². The molecule has 3 aliphatic carbocycles. The molecule has 314 valence electrons. The summed E-state index contributed by atoms with van der Waals surface area (Å²) in [5.41, 5.74) is 23.8. The molecule has 15 rings (SSSR count). The number of hydrogen-bond acceptors (Lipinski definition) is 3. The van der Waals surface area contributed by atoms with Gasteiger partial charge in [0.2, 0.25) is 0 Å². The topological polar surface area (TPSA) is 29.5 Å². The molecule has 0 amide bonds. The van der Waals surface area contributed by atoms with Gasteiger partial charge in [-0.2, -0.15) is 0 Å². The summed E-state index contributed by atoms with van der Waals surface area (Å²) in [6, 6.07) is 78.2. The van der Waals surface area contributed by atoms with Gasteiger partial charge in [0.05, 0.1) is 11.1 Å². The summed E-state index contributed by atoms with van der Waals surface area (Å²) >= 11 is 0. The fraction of sp³-hybridized carbons (Fsp3) is 0.0625. The number of benzene rings is 10. The molecule has 0 saturated carbocycles. The SMILES string of the molecule is CC1(C)c2ccccc2-c2ccc(N(c3ccc(-c4cccc5c4oc4ccccc45)cc3)c3cccc4c3-c3ccccc3C43c4ccccc4-c4c3ccc3c4oc4ccccc43)cc21. The van der Waals surface area contributed by atoms with Crippen LogP contribution in [0, 0.1) is 0 Å². The van der Waals surface area contributed by atoms with E-state index in [2.05, 4.69) is 225 Å². The summed E-state index contributed by atoms with van der Waals surface area (Å²) in [5, 5.41) is 4.55. The molecule has 0 saturated heterocycles. The van der Waals surface area contributed by atoms with Crippen molar-refractivity contribution in [2.75, 3.05) is 4.90 Å². The number of hydrogen-bond donors (Lipinski definition) is 0. The molecule has 0 bridgehead atoms. The highest BCUT2D eigenvalue weighted by molar-refractivity contribution is 6.14. The van der Waals surface area contributed by atoms with E-state index in [9.17, 15) is 0 Å². The number of furan rings is 2. The molecule has 0 fully saturated rings. The first-order chi connectivity index (χ1) is 33.0. The molecule has 1 spiro atoms. The van der Waals surface area contributed by atoms with Crippen LogP contribution in [0.4, 0.5) is 17.1 Å². The molecule has 1 unspecified atom stereocenters. The van der Waals surface area contributed by atoms with E-state index in [1.54, 1.807) is 0 Å². The number of fused-ring (bicyclic) bond motifs is 20. The molecular weight excluding hydrogens is 815 g/mol. The molecule has 1 atom stereocenters. The normalized spacial score (nSPS) is 15.8. The Morgan fingerprint density at radius 1 is 0.343 bits per heavy atom. The van der Waals surface area contributed by atoms with Crippen LogP contribution in [0.25, 0.3) is 88.4 Å². The van der Waals surface area contributed by atoms with Gasteiger partial charge in [-0.3, -0.25) is 0 Å². The molecule has 3 nitrogen and oxygen atoms in total. The zero-order chi connectivity index (χ0) is 44.2. The van der Waals surface area contributed by atoms with Crippen molar-refractivity contribution in [1.82, 2.24) is 0 Å². The summed E-state index contributed by atoms with van der Waals surface area (Å²) in [6.07, 6.45) is 0. The minimum Gasteiger partial charge on any atom is -0.455 e.